The zero-order valence-electron chi connectivity index (χ0n) is 8.61. The Morgan fingerprint density at radius 1 is 1.50 bits per heavy atom. The van der Waals surface area contributed by atoms with Gasteiger partial charge in [0.05, 0.1) is 12.7 Å². The highest BCUT2D eigenvalue weighted by atomic mass is 79.9. The Hall–Kier alpha value is -1.07. The van der Waals surface area contributed by atoms with Crippen LogP contribution in [-0.2, 0) is 13.6 Å². The molecule has 0 fully saturated rings. The van der Waals surface area contributed by atoms with Crippen molar-refractivity contribution in [3.63, 3.8) is 0 Å². The molecule has 0 amide bonds. The van der Waals surface area contributed by atoms with Crippen LogP contribution in [0.2, 0.25) is 5.15 Å². The van der Waals surface area contributed by atoms with Gasteiger partial charge in [-0.25, -0.2) is 9.97 Å². The van der Waals surface area contributed by atoms with Crippen LogP contribution in [0.15, 0.2) is 29.0 Å². The van der Waals surface area contributed by atoms with E-state index in [1.807, 2.05) is 29.8 Å². The Kier molecular flexibility index (Phi) is 3.46. The minimum Gasteiger partial charge on any atom is -0.363 e. The van der Waals surface area contributed by atoms with Crippen molar-refractivity contribution in [3.8, 4) is 0 Å². The maximum atomic E-state index is 5.89. The van der Waals surface area contributed by atoms with E-state index in [9.17, 15) is 0 Å². The lowest BCUT2D eigenvalue weighted by molar-refractivity contribution is 0.811. The molecule has 1 N–H and O–H groups in total. The van der Waals surface area contributed by atoms with Crippen molar-refractivity contribution in [3.05, 3.63) is 40.0 Å². The number of hydrogen-bond donors (Lipinski definition) is 1. The van der Waals surface area contributed by atoms with Crippen molar-refractivity contribution in [2.24, 2.45) is 7.05 Å². The Balaban J connectivity index is 2.05. The van der Waals surface area contributed by atoms with Gasteiger partial charge < -0.3 is 9.88 Å². The molecule has 0 radical (unpaired) electrons. The van der Waals surface area contributed by atoms with Crippen molar-refractivity contribution < 1.29 is 0 Å². The summed E-state index contributed by atoms with van der Waals surface area (Å²) in [5.74, 6) is 1.67. The molecule has 4 nitrogen and oxygen atoms in total. The second kappa shape index (κ2) is 4.84. The summed E-state index contributed by atoms with van der Waals surface area (Å²) in [4.78, 5) is 8.44. The first-order valence-electron chi connectivity index (χ1n) is 4.69. The molecule has 6 heteroatoms. The predicted molar refractivity (Wildman–Crippen MR) is 67.5 cm³/mol. The van der Waals surface area contributed by atoms with Crippen LogP contribution < -0.4 is 5.32 Å². The monoisotopic (exact) mass is 300 g/mol. The van der Waals surface area contributed by atoms with Gasteiger partial charge in [-0.3, -0.25) is 0 Å². The summed E-state index contributed by atoms with van der Waals surface area (Å²) < 4.78 is 2.63. The molecule has 0 unspecified atom stereocenters. The van der Waals surface area contributed by atoms with Crippen molar-refractivity contribution in [2.45, 2.75) is 6.54 Å². The summed E-state index contributed by atoms with van der Waals surface area (Å²) in [6, 6.07) is 5.70. The van der Waals surface area contributed by atoms with E-state index in [0.29, 0.717) is 11.7 Å². The largest absolute Gasteiger partial charge is 0.363 e. The molecular formula is C10H10BrClN4. The molecule has 0 aliphatic rings. The van der Waals surface area contributed by atoms with E-state index in [-0.39, 0.29) is 0 Å². The van der Waals surface area contributed by atoms with Gasteiger partial charge in [0.15, 0.2) is 0 Å². The minimum absolute atomic E-state index is 0.590. The molecule has 0 bridgehead atoms. The lowest BCUT2D eigenvalue weighted by Crippen LogP contribution is -2.07. The lowest BCUT2D eigenvalue weighted by atomic mass is 10.4. The summed E-state index contributed by atoms with van der Waals surface area (Å²) in [5.41, 5.74) is 0. The fraction of sp³-hybridized carbons (Fsp3) is 0.200. The van der Waals surface area contributed by atoms with Gasteiger partial charge in [-0.15, -0.1) is 0 Å². The van der Waals surface area contributed by atoms with Gasteiger partial charge in [0, 0.05) is 7.05 Å². The number of pyridine rings is 1. The molecule has 0 atom stereocenters. The first kappa shape index (κ1) is 11.4. The summed E-state index contributed by atoms with van der Waals surface area (Å²) in [6.45, 7) is 0.590. The second-order valence-corrected chi connectivity index (χ2v) is 4.45. The second-order valence-electron chi connectivity index (χ2n) is 3.26. The molecule has 2 rings (SSSR count). The Labute approximate surface area is 107 Å². The Bertz CT molecular complexity index is 497. The molecule has 0 saturated heterocycles. The molecule has 0 aliphatic carbocycles. The maximum Gasteiger partial charge on any atom is 0.128 e. The number of rotatable bonds is 3. The molecule has 16 heavy (non-hydrogen) atoms. The third-order valence-electron chi connectivity index (χ3n) is 2.17. The fourth-order valence-corrected chi connectivity index (χ4v) is 1.75. The van der Waals surface area contributed by atoms with Crippen LogP contribution in [0.3, 0.4) is 0 Å². The molecule has 84 valence electrons. The lowest BCUT2D eigenvalue weighted by Gasteiger charge is -2.06. The molecule has 0 aromatic carbocycles. The third kappa shape index (κ3) is 2.54. The summed E-state index contributed by atoms with van der Waals surface area (Å²) in [7, 11) is 1.88. The van der Waals surface area contributed by atoms with Crippen molar-refractivity contribution >= 4 is 33.3 Å². The highest BCUT2D eigenvalue weighted by Gasteiger charge is 2.04. The third-order valence-corrected chi connectivity index (χ3v) is 2.96. The van der Waals surface area contributed by atoms with Crippen LogP contribution in [-0.4, -0.2) is 14.5 Å². The van der Waals surface area contributed by atoms with E-state index >= 15 is 0 Å². The van der Waals surface area contributed by atoms with E-state index in [0.717, 1.165) is 16.2 Å². The van der Waals surface area contributed by atoms with Crippen LogP contribution in [0.1, 0.15) is 5.82 Å². The molecule has 0 aliphatic heterocycles. The van der Waals surface area contributed by atoms with Crippen molar-refractivity contribution in [2.75, 3.05) is 5.32 Å². The van der Waals surface area contributed by atoms with Gasteiger partial charge in [-0.05, 0) is 28.1 Å². The van der Waals surface area contributed by atoms with Gasteiger partial charge in [-0.2, -0.15) is 0 Å². The molecule has 0 spiro atoms. The van der Waals surface area contributed by atoms with E-state index in [1.54, 1.807) is 6.20 Å². The molecular weight excluding hydrogens is 291 g/mol. The summed E-state index contributed by atoms with van der Waals surface area (Å²) in [6.07, 6.45) is 1.63. The van der Waals surface area contributed by atoms with Crippen LogP contribution >= 0.6 is 27.5 Å². The van der Waals surface area contributed by atoms with Crippen LogP contribution in [0.25, 0.3) is 0 Å². The molecule has 0 saturated carbocycles. The number of aromatic nitrogens is 3. The quantitative estimate of drug-likeness (QED) is 0.887. The predicted octanol–water partition coefficient (Wildman–Crippen LogP) is 2.84. The highest BCUT2D eigenvalue weighted by molar-refractivity contribution is 9.10. The average molecular weight is 302 g/mol. The van der Waals surface area contributed by atoms with Gasteiger partial charge in [0.25, 0.3) is 0 Å². The molecule has 2 aromatic heterocycles. The van der Waals surface area contributed by atoms with Gasteiger partial charge in [-0.1, -0.05) is 17.7 Å². The average Bonchev–Trinajstić information content (AvgIpc) is 2.57. The SMILES string of the molecule is Cn1c(Cl)cnc1CNc1cccc(Br)n1. The number of nitrogens with zero attached hydrogens (tertiary/aromatic N) is 3. The van der Waals surface area contributed by atoms with Crippen LogP contribution in [0.5, 0.6) is 0 Å². The van der Waals surface area contributed by atoms with E-state index < -0.39 is 0 Å². The number of halogens is 2. The standard InChI is InChI=1S/C10H10BrClN4/c1-16-8(12)5-14-10(16)6-13-9-4-2-3-7(11)15-9/h2-5H,6H2,1H3,(H,13,15). The highest BCUT2D eigenvalue weighted by Crippen LogP contribution is 2.13. The summed E-state index contributed by atoms with van der Waals surface area (Å²) in [5, 5.41) is 3.80. The van der Waals surface area contributed by atoms with Crippen molar-refractivity contribution in [1.29, 1.82) is 0 Å². The van der Waals surface area contributed by atoms with Crippen LogP contribution in [0, 0.1) is 0 Å². The first-order chi connectivity index (χ1) is 7.66. The zero-order valence-corrected chi connectivity index (χ0v) is 11.0. The van der Waals surface area contributed by atoms with E-state index in [4.69, 9.17) is 11.6 Å². The Morgan fingerprint density at radius 3 is 2.94 bits per heavy atom. The van der Waals surface area contributed by atoms with E-state index in [1.165, 1.54) is 0 Å². The minimum atomic E-state index is 0.590. The topological polar surface area (TPSA) is 42.7 Å². The van der Waals surface area contributed by atoms with Gasteiger partial charge in [0.2, 0.25) is 0 Å². The van der Waals surface area contributed by atoms with E-state index in [2.05, 4.69) is 31.2 Å². The summed E-state index contributed by atoms with van der Waals surface area (Å²) >= 11 is 9.20. The first-order valence-corrected chi connectivity index (χ1v) is 5.86. The smallest absolute Gasteiger partial charge is 0.128 e. The zero-order chi connectivity index (χ0) is 11.5. The number of imidazole rings is 1. The molecule has 2 aromatic rings. The Morgan fingerprint density at radius 2 is 2.31 bits per heavy atom. The van der Waals surface area contributed by atoms with Gasteiger partial charge >= 0.3 is 0 Å². The van der Waals surface area contributed by atoms with Crippen LogP contribution in [0.4, 0.5) is 5.82 Å². The maximum absolute atomic E-state index is 5.89. The number of hydrogen-bond acceptors (Lipinski definition) is 3. The fourth-order valence-electron chi connectivity index (χ4n) is 1.26. The molecule has 2 heterocycles. The normalized spacial score (nSPS) is 10.4. The van der Waals surface area contributed by atoms with Gasteiger partial charge in [0.1, 0.15) is 21.4 Å². The van der Waals surface area contributed by atoms with Crippen molar-refractivity contribution in [1.82, 2.24) is 14.5 Å². The number of anilines is 1. The number of nitrogens with one attached hydrogen (secondary N) is 1.